The Bertz CT molecular complexity index is 1190. The zero-order valence-electron chi connectivity index (χ0n) is 16.7. The first-order valence-corrected chi connectivity index (χ1v) is 11.1. The van der Waals surface area contributed by atoms with Gasteiger partial charge in [-0.2, -0.15) is 0 Å². The predicted octanol–water partition coefficient (Wildman–Crippen LogP) is 3.99. The molecule has 0 bridgehead atoms. The fourth-order valence-corrected chi connectivity index (χ4v) is 4.80. The number of fused-ring (bicyclic) bond motifs is 1. The third kappa shape index (κ3) is 3.78. The van der Waals surface area contributed by atoms with Gasteiger partial charge in [0.05, 0.1) is 12.9 Å². The number of rotatable bonds is 6. The average Bonchev–Trinajstić information content (AvgIpc) is 3.38. The van der Waals surface area contributed by atoms with E-state index in [1.807, 2.05) is 13.0 Å². The minimum Gasteiger partial charge on any atom is -0.492 e. The number of hydrogen-bond acceptors (Lipinski definition) is 5. The van der Waals surface area contributed by atoms with Gasteiger partial charge in [-0.15, -0.1) is 0 Å². The second-order valence-corrected chi connectivity index (χ2v) is 8.67. The van der Waals surface area contributed by atoms with E-state index in [-0.39, 0.29) is 16.6 Å². The lowest BCUT2D eigenvalue weighted by atomic mass is 10.1. The molecule has 4 rings (SSSR count). The normalized spacial score (nSPS) is 13.2. The lowest BCUT2D eigenvalue weighted by molar-refractivity contribution is 0.0963. The van der Waals surface area contributed by atoms with E-state index in [1.54, 1.807) is 54.3 Å². The molecule has 1 amide bonds. The molecule has 1 aromatic heterocycles. The van der Waals surface area contributed by atoms with Crippen LogP contribution in [-0.4, -0.2) is 27.5 Å². The van der Waals surface area contributed by atoms with Gasteiger partial charge in [-0.3, -0.25) is 9.52 Å². The van der Waals surface area contributed by atoms with Crippen molar-refractivity contribution in [1.29, 1.82) is 0 Å². The molecule has 1 N–H and O–H groups in total. The highest BCUT2D eigenvalue weighted by Gasteiger charge is 2.28. The SMILES string of the molecule is CCOc1ccc(C)cc1S(=O)(=O)Nc1ccc2c(c1)CCN2C(=O)c1ccco1. The Hall–Kier alpha value is -3.26. The third-order valence-electron chi connectivity index (χ3n) is 4.89. The van der Waals surface area contributed by atoms with E-state index in [1.165, 1.54) is 6.26 Å². The van der Waals surface area contributed by atoms with Gasteiger partial charge in [0.15, 0.2) is 5.76 Å². The fraction of sp³-hybridized carbons (Fsp3) is 0.227. The Morgan fingerprint density at radius 1 is 1.20 bits per heavy atom. The second kappa shape index (κ2) is 7.87. The summed E-state index contributed by atoms with van der Waals surface area (Å²) in [6, 6.07) is 13.5. The predicted molar refractivity (Wildman–Crippen MR) is 114 cm³/mol. The van der Waals surface area contributed by atoms with Crippen LogP contribution >= 0.6 is 0 Å². The van der Waals surface area contributed by atoms with E-state index in [2.05, 4.69) is 4.72 Å². The smallest absolute Gasteiger partial charge is 0.293 e. The van der Waals surface area contributed by atoms with Crippen molar-refractivity contribution >= 4 is 27.3 Å². The van der Waals surface area contributed by atoms with E-state index in [0.717, 1.165) is 16.8 Å². The quantitative estimate of drug-likeness (QED) is 0.644. The van der Waals surface area contributed by atoms with Gasteiger partial charge in [-0.05, 0) is 73.9 Å². The average molecular weight is 426 g/mol. The van der Waals surface area contributed by atoms with E-state index >= 15 is 0 Å². The maximum absolute atomic E-state index is 13.0. The van der Waals surface area contributed by atoms with Gasteiger partial charge in [0.1, 0.15) is 10.6 Å². The standard InChI is InChI=1S/C22H22N2O5S/c1-3-28-19-9-6-15(2)13-21(19)30(26,27)23-17-7-8-18-16(14-17)10-11-24(18)22(25)20-5-4-12-29-20/h4-9,12-14,23H,3,10-11H2,1-2H3. The molecular formula is C22H22N2O5S. The van der Waals surface area contributed by atoms with Gasteiger partial charge in [-0.1, -0.05) is 6.07 Å². The van der Waals surface area contributed by atoms with Gasteiger partial charge in [0.25, 0.3) is 15.9 Å². The Morgan fingerprint density at radius 2 is 2.03 bits per heavy atom. The number of carbonyl (C=O) groups excluding carboxylic acids is 1. The molecule has 0 unspecified atom stereocenters. The van der Waals surface area contributed by atoms with Crippen molar-refractivity contribution in [2.75, 3.05) is 22.8 Å². The number of carbonyl (C=O) groups is 1. The largest absolute Gasteiger partial charge is 0.492 e. The highest BCUT2D eigenvalue weighted by Crippen LogP contribution is 2.33. The fourth-order valence-electron chi connectivity index (χ4n) is 3.52. The van der Waals surface area contributed by atoms with E-state index < -0.39 is 10.0 Å². The minimum atomic E-state index is -3.84. The summed E-state index contributed by atoms with van der Waals surface area (Å²) in [5, 5.41) is 0. The van der Waals surface area contributed by atoms with Crippen LogP contribution in [0.25, 0.3) is 0 Å². The molecule has 2 aromatic carbocycles. The number of furan rings is 1. The summed E-state index contributed by atoms with van der Waals surface area (Å²) in [7, 11) is -3.84. The second-order valence-electron chi connectivity index (χ2n) is 7.02. The van der Waals surface area contributed by atoms with Crippen LogP contribution in [0.2, 0.25) is 0 Å². The molecule has 0 atom stereocenters. The first-order chi connectivity index (χ1) is 14.4. The summed E-state index contributed by atoms with van der Waals surface area (Å²) in [6.45, 7) is 4.51. The summed E-state index contributed by atoms with van der Waals surface area (Å²) in [4.78, 5) is 14.3. The molecule has 0 saturated carbocycles. The maximum Gasteiger partial charge on any atom is 0.293 e. The Kier molecular flexibility index (Phi) is 5.26. The van der Waals surface area contributed by atoms with Gasteiger partial charge < -0.3 is 14.1 Å². The van der Waals surface area contributed by atoms with Crippen molar-refractivity contribution in [3.05, 3.63) is 71.7 Å². The van der Waals surface area contributed by atoms with Crippen LogP contribution in [0.15, 0.2) is 64.1 Å². The number of nitrogens with one attached hydrogen (secondary N) is 1. The highest BCUT2D eigenvalue weighted by atomic mass is 32.2. The van der Waals surface area contributed by atoms with Crippen molar-refractivity contribution in [3.63, 3.8) is 0 Å². The van der Waals surface area contributed by atoms with Crippen molar-refractivity contribution in [3.8, 4) is 5.75 Å². The molecule has 0 fully saturated rings. The topological polar surface area (TPSA) is 88.9 Å². The molecule has 156 valence electrons. The lowest BCUT2D eigenvalue weighted by Gasteiger charge is -2.17. The number of sulfonamides is 1. The first-order valence-electron chi connectivity index (χ1n) is 9.63. The number of ether oxygens (including phenoxy) is 1. The number of benzene rings is 2. The van der Waals surface area contributed by atoms with E-state index in [4.69, 9.17) is 9.15 Å². The van der Waals surface area contributed by atoms with Crippen LogP contribution in [0, 0.1) is 6.92 Å². The zero-order chi connectivity index (χ0) is 21.3. The van der Waals surface area contributed by atoms with Gasteiger partial charge in [-0.25, -0.2) is 8.42 Å². The molecule has 30 heavy (non-hydrogen) atoms. The van der Waals surface area contributed by atoms with Crippen LogP contribution in [0.5, 0.6) is 5.75 Å². The third-order valence-corrected chi connectivity index (χ3v) is 6.30. The molecule has 3 aromatic rings. The summed E-state index contributed by atoms with van der Waals surface area (Å²) in [6.07, 6.45) is 2.09. The molecule has 8 heteroatoms. The van der Waals surface area contributed by atoms with E-state index in [0.29, 0.717) is 31.0 Å². The molecule has 1 aliphatic rings. The number of nitrogens with zero attached hydrogens (tertiary/aromatic N) is 1. The van der Waals surface area contributed by atoms with Crippen LogP contribution in [0.3, 0.4) is 0 Å². The van der Waals surface area contributed by atoms with Crippen LogP contribution in [-0.2, 0) is 16.4 Å². The number of amides is 1. The van der Waals surface area contributed by atoms with Gasteiger partial charge in [0, 0.05) is 17.9 Å². The highest BCUT2D eigenvalue weighted by molar-refractivity contribution is 7.92. The molecule has 0 saturated heterocycles. The van der Waals surface area contributed by atoms with Crippen molar-refractivity contribution in [2.24, 2.45) is 0 Å². The molecule has 0 radical (unpaired) electrons. The Balaban J connectivity index is 1.60. The van der Waals surface area contributed by atoms with Crippen molar-refractivity contribution in [1.82, 2.24) is 0 Å². The number of anilines is 2. The number of aryl methyl sites for hydroxylation is 1. The molecule has 1 aliphatic heterocycles. The molecule has 2 heterocycles. The first kappa shape index (κ1) is 20.0. The summed E-state index contributed by atoms with van der Waals surface area (Å²) >= 11 is 0. The van der Waals surface area contributed by atoms with Crippen molar-refractivity contribution in [2.45, 2.75) is 25.2 Å². The summed E-state index contributed by atoms with van der Waals surface area (Å²) in [5.74, 6) is 0.371. The van der Waals surface area contributed by atoms with Crippen molar-refractivity contribution < 1.29 is 22.4 Å². The molecule has 0 spiro atoms. The van der Waals surface area contributed by atoms with E-state index in [9.17, 15) is 13.2 Å². The number of hydrogen-bond donors (Lipinski definition) is 1. The van der Waals surface area contributed by atoms with Crippen LogP contribution in [0.1, 0.15) is 28.6 Å². The summed E-state index contributed by atoms with van der Waals surface area (Å²) < 4.78 is 39.4. The zero-order valence-corrected chi connectivity index (χ0v) is 17.5. The summed E-state index contributed by atoms with van der Waals surface area (Å²) in [5.41, 5.74) is 2.90. The molecular weight excluding hydrogens is 404 g/mol. The van der Waals surface area contributed by atoms with Crippen LogP contribution < -0.4 is 14.4 Å². The minimum absolute atomic E-state index is 0.0967. The van der Waals surface area contributed by atoms with Crippen LogP contribution in [0.4, 0.5) is 11.4 Å². The Morgan fingerprint density at radius 3 is 2.77 bits per heavy atom. The monoisotopic (exact) mass is 426 g/mol. The van der Waals surface area contributed by atoms with Gasteiger partial charge >= 0.3 is 0 Å². The molecule has 0 aliphatic carbocycles. The van der Waals surface area contributed by atoms with Gasteiger partial charge in [0.2, 0.25) is 0 Å². The Labute approximate surface area is 175 Å². The lowest BCUT2D eigenvalue weighted by Crippen LogP contribution is -2.28. The maximum atomic E-state index is 13.0. The molecule has 7 nitrogen and oxygen atoms in total.